The topological polar surface area (TPSA) is 49.4 Å². The van der Waals surface area contributed by atoms with Crippen molar-refractivity contribution in [2.45, 2.75) is 63.3 Å². The molecule has 4 nitrogen and oxygen atoms in total. The normalized spacial score (nSPS) is 28.8. The van der Waals surface area contributed by atoms with Crippen LogP contribution in [0, 0.1) is 23.6 Å². The first kappa shape index (κ1) is 22.3. The number of alkyl halides is 2. The Morgan fingerprint density at radius 2 is 1.61 bits per heavy atom. The molecule has 2 saturated carbocycles. The molecule has 170 valence electrons. The molecule has 1 amide bonds. The van der Waals surface area contributed by atoms with Crippen LogP contribution in [0.15, 0.2) is 24.3 Å². The van der Waals surface area contributed by atoms with Crippen LogP contribution in [-0.2, 0) is 4.79 Å². The lowest BCUT2D eigenvalue weighted by Crippen LogP contribution is -2.40. The van der Waals surface area contributed by atoms with Gasteiger partial charge in [0.05, 0.1) is 0 Å². The number of rotatable bonds is 7. The average Bonchev–Trinajstić information content (AvgIpc) is 3.42. The number of hydrogen-bond acceptors (Lipinski definition) is 3. The minimum absolute atomic E-state index is 0.0135. The van der Waals surface area contributed by atoms with Crippen molar-refractivity contribution in [3.63, 3.8) is 0 Å². The summed E-state index contributed by atoms with van der Waals surface area (Å²) in [6.07, 6.45) is 6.23. The van der Waals surface area contributed by atoms with E-state index in [2.05, 4.69) is 10.2 Å². The summed E-state index contributed by atoms with van der Waals surface area (Å²) in [6, 6.07) is 5.85. The first-order chi connectivity index (χ1) is 14.8. The van der Waals surface area contributed by atoms with E-state index in [1.165, 1.54) is 12.1 Å². The van der Waals surface area contributed by atoms with E-state index in [0.29, 0.717) is 11.5 Å². The first-order valence-corrected chi connectivity index (χ1v) is 11.5. The van der Waals surface area contributed by atoms with Crippen LogP contribution in [0.4, 0.5) is 13.2 Å². The summed E-state index contributed by atoms with van der Waals surface area (Å²) >= 11 is 0. The fourth-order valence-electron chi connectivity index (χ4n) is 5.03. The fraction of sp³-hybridized carbons (Fsp3) is 0.667. The minimum atomic E-state index is -2.79. The fourth-order valence-corrected chi connectivity index (χ4v) is 5.03. The predicted molar refractivity (Wildman–Crippen MR) is 111 cm³/mol. The molecule has 0 bridgehead atoms. The highest BCUT2D eigenvalue weighted by molar-refractivity contribution is 5.97. The van der Waals surface area contributed by atoms with Crippen LogP contribution >= 0.6 is 0 Å². The maximum absolute atomic E-state index is 13.1. The Morgan fingerprint density at radius 3 is 2.19 bits per heavy atom. The van der Waals surface area contributed by atoms with Crippen molar-refractivity contribution in [2.75, 3.05) is 19.6 Å². The summed E-state index contributed by atoms with van der Waals surface area (Å²) < 4.78 is 39.1. The molecule has 1 saturated heterocycles. The maximum atomic E-state index is 13.1. The van der Waals surface area contributed by atoms with Crippen molar-refractivity contribution < 1.29 is 22.8 Å². The van der Waals surface area contributed by atoms with Crippen molar-refractivity contribution in [3.8, 4) is 0 Å². The van der Waals surface area contributed by atoms with Gasteiger partial charge in [-0.15, -0.1) is 0 Å². The molecule has 0 spiro atoms. The summed E-state index contributed by atoms with van der Waals surface area (Å²) in [6.45, 7) is 2.81. The van der Waals surface area contributed by atoms with E-state index in [9.17, 15) is 22.8 Å². The van der Waals surface area contributed by atoms with Crippen LogP contribution in [-0.4, -0.2) is 48.2 Å². The number of amides is 1. The van der Waals surface area contributed by atoms with E-state index in [1.807, 2.05) is 0 Å². The minimum Gasteiger partial charge on any atom is -0.353 e. The van der Waals surface area contributed by atoms with E-state index in [1.54, 1.807) is 12.1 Å². The molecule has 1 atom stereocenters. The van der Waals surface area contributed by atoms with Gasteiger partial charge < -0.3 is 10.2 Å². The van der Waals surface area contributed by atoms with E-state index in [0.717, 1.165) is 64.6 Å². The van der Waals surface area contributed by atoms with Crippen molar-refractivity contribution in [1.29, 1.82) is 0 Å². The standard InChI is InChI=1S/C24H31F3N2O2/c25-19-5-3-17(4-6-19)22(30)18-10-13-29(14-11-18)12-9-16-1-7-20(8-2-16)28-23(31)21-15-24(21,26)27/h3-6,16,18,20-21H,1-2,7-15H2,(H,28,31)/t16-,20-,21?. The van der Waals surface area contributed by atoms with Crippen LogP contribution in [0.25, 0.3) is 0 Å². The highest BCUT2D eigenvalue weighted by atomic mass is 19.3. The molecule has 4 rings (SSSR count). The van der Waals surface area contributed by atoms with Gasteiger partial charge in [0.25, 0.3) is 5.92 Å². The SMILES string of the molecule is O=C(c1ccc(F)cc1)C1CCN(CC[C@H]2CC[C@H](NC(=O)C3CC3(F)F)CC2)CC1. The second-order valence-electron chi connectivity index (χ2n) is 9.52. The van der Waals surface area contributed by atoms with Crippen LogP contribution in [0.3, 0.4) is 0 Å². The molecule has 1 aromatic rings. The molecule has 1 heterocycles. The molecular formula is C24H31F3N2O2. The van der Waals surface area contributed by atoms with Gasteiger partial charge in [-0.3, -0.25) is 9.59 Å². The van der Waals surface area contributed by atoms with E-state index in [-0.39, 0.29) is 30.0 Å². The number of hydrogen-bond donors (Lipinski definition) is 1. The van der Waals surface area contributed by atoms with E-state index >= 15 is 0 Å². The largest absolute Gasteiger partial charge is 0.353 e. The van der Waals surface area contributed by atoms with Gasteiger partial charge in [0.15, 0.2) is 5.78 Å². The number of halogens is 3. The maximum Gasteiger partial charge on any atom is 0.260 e. The number of nitrogens with one attached hydrogen (secondary N) is 1. The number of benzene rings is 1. The molecule has 3 fully saturated rings. The van der Waals surface area contributed by atoms with Crippen molar-refractivity contribution >= 4 is 11.7 Å². The Hall–Kier alpha value is -1.89. The molecule has 0 aromatic heterocycles. The zero-order valence-electron chi connectivity index (χ0n) is 17.8. The number of ketones is 1. The Bertz CT molecular complexity index is 783. The third-order valence-corrected chi connectivity index (χ3v) is 7.28. The number of Topliss-reactive ketones (excluding diaryl/α,β-unsaturated/α-hetero) is 1. The monoisotopic (exact) mass is 436 g/mol. The first-order valence-electron chi connectivity index (χ1n) is 11.5. The molecule has 1 unspecified atom stereocenters. The van der Waals surface area contributed by atoms with Gasteiger partial charge in [-0.25, -0.2) is 13.2 Å². The molecule has 1 aromatic carbocycles. The summed E-state index contributed by atoms with van der Waals surface area (Å²) in [5.74, 6) is -3.97. The number of piperidine rings is 1. The predicted octanol–water partition coefficient (Wildman–Crippen LogP) is 4.44. The van der Waals surface area contributed by atoms with Gasteiger partial charge >= 0.3 is 0 Å². The van der Waals surface area contributed by atoms with Crippen molar-refractivity contribution in [2.24, 2.45) is 17.8 Å². The lowest BCUT2D eigenvalue weighted by Gasteiger charge is -2.34. The molecule has 1 aliphatic heterocycles. The highest BCUT2D eigenvalue weighted by Gasteiger charge is 2.61. The molecule has 2 aliphatic carbocycles. The van der Waals surface area contributed by atoms with E-state index in [4.69, 9.17) is 0 Å². The molecule has 7 heteroatoms. The smallest absolute Gasteiger partial charge is 0.260 e. The average molecular weight is 437 g/mol. The number of nitrogens with zero attached hydrogens (tertiary/aromatic N) is 1. The molecule has 31 heavy (non-hydrogen) atoms. The molecule has 3 aliphatic rings. The number of carbonyl (C=O) groups is 2. The lowest BCUT2D eigenvalue weighted by molar-refractivity contribution is -0.125. The van der Waals surface area contributed by atoms with Crippen molar-refractivity contribution in [3.05, 3.63) is 35.6 Å². The third-order valence-electron chi connectivity index (χ3n) is 7.28. The lowest BCUT2D eigenvalue weighted by atomic mass is 9.83. The molecule has 0 radical (unpaired) electrons. The zero-order valence-corrected chi connectivity index (χ0v) is 17.8. The van der Waals surface area contributed by atoms with Crippen LogP contribution in [0.2, 0.25) is 0 Å². The van der Waals surface area contributed by atoms with Gasteiger partial charge in [0.1, 0.15) is 11.7 Å². The Kier molecular flexibility index (Phi) is 6.70. The van der Waals surface area contributed by atoms with Gasteiger partial charge in [0.2, 0.25) is 5.91 Å². The molecule has 1 N–H and O–H groups in total. The van der Waals surface area contributed by atoms with Crippen molar-refractivity contribution in [1.82, 2.24) is 10.2 Å². The van der Waals surface area contributed by atoms with Crippen LogP contribution in [0.5, 0.6) is 0 Å². The number of carbonyl (C=O) groups excluding carboxylic acids is 2. The Labute approximate surface area is 181 Å². The zero-order chi connectivity index (χ0) is 22.0. The van der Waals surface area contributed by atoms with E-state index < -0.39 is 17.7 Å². The van der Waals surface area contributed by atoms with Gasteiger partial charge in [-0.05, 0) is 94.8 Å². The Balaban J connectivity index is 1.12. The number of likely N-dealkylation sites (tertiary alicyclic amines) is 1. The second kappa shape index (κ2) is 9.31. The van der Waals surface area contributed by atoms with Gasteiger partial charge in [-0.1, -0.05) is 0 Å². The van der Waals surface area contributed by atoms with Crippen LogP contribution in [0.1, 0.15) is 61.7 Å². The summed E-state index contributed by atoms with van der Waals surface area (Å²) in [5.41, 5.74) is 0.592. The van der Waals surface area contributed by atoms with Gasteiger partial charge in [-0.2, -0.15) is 0 Å². The second-order valence-corrected chi connectivity index (χ2v) is 9.52. The highest BCUT2D eigenvalue weighted by Crippen LogP contribution is 2.48. The van der Waals surface area contributed by atoms with Gasteiger partial charge in [0, 0.05) is 23.9 Å². The molecular weight excluding hydrogens is 405 g/mol. The Morgan fingerprint density at radius 1 is 1.00 bits per heavy atom. The quantitative estimate of drug-likeness (QED) is 0.643. The summed E-state index contributed by atoms with van der Waals surface area (Å²) in [5, 5.41) is 2.81. The summed E-state index contributed by atoms with van der Waals surface area (Å²) in [7, 11) is 0. The van der Waals surface area contributed by atoms with Crippen LogP contribution < -0.4 is 5.32 Å². The third kappa shape index (κ3) is 5.68. The summed E-state index contributed by atoms with van der Waals surface area (Å²) in [4.78, 5) is 26.9.